The van der Waals surface area contributed by atoms with E-state index in [1.807, 2.05) is 35.8 Å². The first-order valence-electron chi connectivity index (χ1n) is 10.5. The monoisotopic (exact) mass is 471 g/mol. The van der Waals surface area contributed by atoms with Gasteiger partial charge in [0.25, 0.3) is 11.8 Å². The van der Waals surface area contributed by atoms with E-state index in [-0.39, 0.29) is 17.7 Å². The van der Waals surface area contributed by atoms with Gasteiger partial charge in [-0.15, -0.1) is 22.7 Å². The van der Waals surface area contributed by atoms with E-state index in [1.54, 1.807) is 41.7 Å². The smallest absolute Gasteiger partial charge is 0.265 e. The third-order valence-electron chi connectivity index (χ3n) is 5.50. The number of hydrogen-bond acceptors (Lipinski definition) is 4. The lowest BCUT2D eigenvalue weighted by Crippen LogP contribution is -2.28. The first-order chi connectivity index (χ1) is 16.2. The maximum absolute atomic E-state index is 12.9. The molecule has 0 unspecified atom stereocenters. The molecule has 0 saturated carbocycles. The van der Waals surface area contributed by atoms with Gasteiger partial charge in [0, 0.05) is 45.7 Å². The Hall–Kier alpha value is -3.68. The van der Waals surface area contributed by atoms with Crippen LogP contribution in [-0.2, 0) is 0 Å². The van der Waals surface area contributed by atoms with Crippen LogP contribution in [0.25, 0.3) is 10.9 Å². The van der Waals surface area contributed by atoms with E-state index in [2.05, 4.69) is 39.2 Å². The van der Waals surface area contributed by atoms with Crippen LogP contribution in [0, 0.1) is 0 Å². The average molecular weight is 472 g/mol. The highest BCUT2D eigenvalue weighted by atomic mass is 32.1. The Morgan fingerprint density at radius 3 is 2.39 bits per heavy atom. The van der Waals surface area contributed by atoms with Crippen LogP contribution >= 0.6 is 22.7 Å². The number of carbonyl (C=O) groups excluding carboxylic acids is 2. The summed E-state index contributed by atoms with van der Waals surface area (Å²) in [7, 11) is 0. The van der Waals surface area contributed by atoms with Gasteiger partial charge in [-0.3, -0.25) is 9.59 Å². The predicted molar refractivity (Wildman–Crippen MR) is 136 cm³/mol. The fourth-order valence-electron chi connectivity index (χ4n) is 3.84. The van der Waals surface area contributed by atoms with Crippen molar-refractivity contribution in [1.82, 2.24) is 10.3 Å². The van der Waals surface area contributed by atoms with Crippen molar-refractivity contribution in [3.63, 3.8) is 0 Å². The molecular formula is C26H21N3O2S2. The summed E-state index contributed by atoms with van der Waals surface area (Å²) in [6.07, 6.45) is 2.03. The molecular weight excluding hydrogens is 450 g/mol. The van der Waals surface area contributed by atoms with Crippen LogP contribution in [-0.4, -0.2) is 23.3 Å². The largest absolute Gasteiger partial charge is 0.361 e. The number of anilines is 1. The predicted octanol–water partition coefficient (Wildman–Crippen LogP) is 6.11. The fourth-order valence-corrected chi connectivity index (χ4v) is 5.30. The highest BCUT2D eigenvalue weighted by Gasteiger charge is 2.20. The van der Waals surface area contributed by atoms with Gasteiger partial charge in [0.2, 0.25) is 0 Å². The summed E-state index contributed by atoms with van der Waals surface area (Å²) in [4.78, 5) is 30.3. The number of nitrogens with one attached hydrogen (secondary N) is 3. The molecule has 0 radical (unpaired) electrons. The van der Waals surface area contributed by atoms with Crippen molar-refractivity contribution in [3.8, 4) is 0 Å². The Morgan fingerprint density at radius 2 is 1.64 bits per heavy atom. The first-order valence-corrected chi connectivity index (χ1v) is 12.3. The number of rotatable bonds is 7. The van der Waals surface area contributed by atoms with Gasteiger partial charge in [-0.1, -0.05) is 30.3 Å². The van der Waals surface area contributed by atoms with Gasteiger partial charge in [0.1, 0.15) is 0 Å². The van der Waals surface area contributed by atoms with Crippen molar-refractivity contribution < 1.29 is 9.59 Å². The van der Waals surface area contributed by atoms with Crippen LogP contribution in [0.4, 0.5) is 5.69 Å². The van der Waals surface area contributed by atoms with E-state index in [0.29, 0.717) is 22.7 Å². The Balaban J connectivity index is 1.29. The van der Waals surface area contributed by atoms with Crippen molar-refractivity contribution in [3.05, 3.63) is 111 Å². The Morgan fingerprint density at radius 1 is 0.848 bits per heavy atom. The van der Waals surface area contributed by atoms with Gasteiger partial charge >= 0.3 is 0 Å². The topological polar surface area (TPSA) is 74.0 Å². The normalized spacial score (nSPS) is 11.9. The van der Waals surface area contributed by atoms with Crippen LogP contribution < -0.4 is 10.6 Å². The summed E-state index contributed by atoms with van der Waals surface area (Å²) >= 11 is 3.08. The molecule has 33 heavy (non-hydrogen) atoms. The van der Waals surface area contributed by atoms with Crippen molar-refractivity contribution in [1.29, 1.82) is 0 Å². The number of benzene rings is 2. The van der Waals surface area contributed by atoms with Crippen LogP contribution in [0.3, 0.4) is 0 Å². The van der Waals surface area contributed by atoms with E-state index in [9.17, 15) is 9.59 Å². The zero-order chi connectivity index (χ0) is 22.6. The molecule has 0 aliphatic carbocycles. The molecule has 5 rings (SSSR count). The highest BCUT2D eigenvalue weighted by molar-refractivity contribution is 7.12. The molecule has 5 aromatic rings. The molecule has 0 aliphatic rings. The van der Waals surface area contributed by atoms with Gasteiger partial charge in [-0.05, 0) is 58.8 Å². The molecule has 5 nitrogen and oxygen atoms in total. The first kappa shape index (κ1) is 21.2. The van der Waals surface area contributed by atoms with E-state index in [4.69, 9.17) is 0 Å². The van der Waals surface area contributed by atoms with Crippen LogP contribution in [0.15, 0.2) is 89.8 Å². The van der Waals surface area contributed by atoms with Gasteiger partial charge < -0.3 is 15.6 Å². The molecule has 0 aliphatic heterocycles. The van der Waals surface area contributed by atoms with Crippen molar-refractivity contribution in [2.24, 2.45) is 0 Å². The van der Waals surface area contributed by atoms with Gasteiger partial charge in [-0.2, -0.15) is 0 Å². The summed E-state index contributed by atoms with van der Waals surface area (Å²) in [6, 6.07) is 22.9. The number of aromatic amines is 1. The molecule has 1 atom stereocenters. The summed E-state index contributed by atoms with van der Waals surface area (Å²) in [6.45, 7) is 0.484. The van der Waals surface area contributed by atoms with Gasteiger partial charge in [0.05, 0.1) is 4.88 Å². The lowest BCUT2D eigenvalue weighted by molar-refractivity contribution is 0.0952. The second kappa shape index (κ2) is 9.44. The minimum atomic E-state index is -0.153. The molecule has 3 aromatic heterocycles. The van der Waals surface area contributed by atoms with Crippen molar-refractivity contribution >= 4 is 51.1 Å². The van der Waals surface area contributed by atoms with Crippen molar-refractivity contribution in [2.45, 2.75) is 5.92 Å². The molecule has 2 aromatic carbocycles. The maximum Gasteiger partial charge on any atom is 0.265 e. The summed E-state index contributed by atoms with van der Waals surface area (Å²) in [5.74, 6) is -0.248. The average Bonchev–Trinajstić information content (AvgIpc) is 3.62. The van der Waals surface area contributed by atoms with Crippen LogP contribution in [0.5, 0.6) is 0 Å². The van der Waals surface area contributed by atoms with Crippen LogP contribution in [0.2, 0.25) is 0 Å². The minimum absolute atomic E-state index is 0.0504. The number of aromatic nitrogens is 1. The quantitative estimate of drug-likeness (QED) is 0.268. The van der Waals surface area contributed by atoms with E-state index < -0.39 is 0 Å². The van der Waals surface area contributed by atoms with Gasteiger partial charge in [-0.25, -0.2) is 0 Å². The molecule has 164 valence electrons. The summed E-state index contributed by atoms with van der Waals surface area (Å²) < 4.78 is 0. The number of para-hydroxylation sites is 1. The fraction of sp³-hybridized carbons (Fsp3) is 0.0769. The van der Waals surface area contributed by atoms with E-state index in [0.717, 1.165) is 10.9 Å². The lowest BCUT2D eigenvalue weighted by atomic mass is 9.96. The number of thiophene rings is 2. The Kier molecular flexibility index (Phi) is 6.06. The van der Waals surface area contributed by atoms with E-state index in [1.165, 1.54) is 21.8 Å². The number of hydrogen-bond donors (Lipinski definition) is 3. The third kappa shape index (κ3) is 4.60. The molecule has 0 fully saturated rings. The molecule has 3 heterocycles. The number of H-pyrrole nitrogens is 1. The number of amides is 2. The molecule has 0 spiro atoms. The van der Waals surface area contributed by atoms with Crippen molar-refractivity contribution in [2.75, 3.05) is 11.9 Å². The number of fused-ring (bicyclic) bond motifs is 1. The molecule has 2 amide bonds. The number of carbonyl (C=O) groups is 2. The second-order valence-corrected chi connectivity index (χ2v) is 9.50. The SMILES string of the molecule is O=C(NC[C@H](c1cccs1)c1c[nH]c2ccccc12)c1ccc(NC(=O)c2cccs2)cc1. The summed E-state index contributed by atoms with van der Waals surface area (Å²) in [5, 5.41) is 11.0. The zero-order valence-electron chi connectivity index (χ0n) is 17.6. The minimum Gasteiger partial charge on any atom is -0.361 e. The zero-order valence-corrected chi connectivity index (χ0v) is 19.2. The second-order valence-electron chi connectivity index (χ2n) is 7.58. The van der Waals surface area contributed by atoms with Crippen LogP contribution in [0.1, 0.15) is 36.4 Å². The van der Waals surface area contributed by atoms with Gasteiger partial charge in [0.15, 0.2) is 0 Å². The highest BCUT2D eigenvalue weighted by Crippen LogP contribution is 2.32. The molecule has 3 N–H and O–H groups in total. The lowest BCUT2D eigenvalue weighted by Gasteiger charge is -2.16. The molecule has 0 bridgehead atoms. The Labute approximate surface area is 199 Å². The Bertz CT molecular complexity index is 1370. The molecule has 7 heteroatoms. The van der Waals surface area contributed by atoms with E-state index >= 15 is 0 Å². The third-order valence-corrected chi connectivity index (χ3v) is 7.35. The molecule has 0 saturated heterocycles. The standard InChI is InChI=1S/C26H21N3O2S2/c30-25(17-9-11-18(12-10-17)29-26(31)24-8-4-14-33-24)28-16-21(23-7-3-13-32-23)20-15-27-22-6-2-1-5-19(20)22/h1-15,21,27H,16H2,(H,28,30)(H,29,31)/t21-/m0/s1. The summed E-state index contributed by atoms with van der Waals surface area (Å²) in [5.41, 5.74) is 3.45. The maximum atomic E-state index is 12.9.